The van der Waals surface area contributed by atoms with E-state index in [1.54, 1.807) is 7.11 Å². The first-order chi connectivity index (χ1) is 11.3. The molecule has 23 heavy (non-hydrogen) atoms. The molecule has 0 radical (unpaired) electrons. The van der Waals surface area contributed by atoms with Crippen molar-refractivity contribution in [2.45, 2.75) is 96.1 Å². The van der Waals surface area contributed by atoms with Gasteiger partial charge in [0.25, 0.3) is 0 Å². The Morgan fingerprint density at radius 3 is 1.70 bits per heavy atom. The zero-order valence-corrected chi connectivity index (χ0v) is 17.1. The quantitative estimate of drug-likeness (QED) is 0.157. The molecule has 0 amide bonds. The largest absolute Gasteiger partial charge is 0.418 e. The first-order valence-corrected chi connectivity index (χ1v) is 12.5. The Hall–Kier alpha value is -0.123. The lowest BCUT2D eigenvalue weighted by atomic mass is 10.0. The van der Waals surface area contributed by atoms with Gasteiger partial charge in [-0.25, -0.2) is 0 Å². The number of hydrogen-bond acceptors (Lipinski definition) is 2. The minimum atomic E-state index is -0.908. The van der Waals surface area contributed by atoms with Crippen LogP contribution in [0, 0.1) is 0 Å². The molecule has 0 spiro atoms. The Morgan fingerprint density at radius 2 is 1.22 bits per heavy atom. The van der Waals surface area contributed by atoms with E-state index in [1.165, 1.54) is 89.5 Å². The molecule has 0 aromatic carbocycles. The van der Waals surface area contributed by atoms with Crippen molar-refractivity contribution >= 4 is 9.04 Å². The molecular weight excluding hydrogens is 300 g/mol. The smallest absolute Gasteiger partial charge is 0.174 e. The van der Waals surface area contributed by atoms with Crippen molar-refractivity contribution in [3.63, 3.8) is 0 Å². The van der Waals surface area contributed by atoms with Gasteiger partial charge in [-0.1, -0.05) is 76.7 Å². The first-order valence-electron chi connectivity index (χ1n) is 10.0. The number of allylic oxidation sites excluding steroid dienone is 1. The fourth-order valence-electron chi connectivity index (χ4n) is 2.90. The molecule has 0 rings (SSSR count). The number of rotatable bonds is 19. The van der Waals surface area contributed by atoms with E-state index < -0.39 is 9.04 Å². The van der Waals surface area contributed by atoms with E-state index in [1.807, 2.05) is 6.08 Å². The summed E-state index contributed by atoms with van der Waals surface area (Å²) in [6, 6.07) is 1.33. The third-order valence-corrected chi connectivity index (χ3v) is 6.48. The maximum absolute atomic E-state index is 5.80. The molecule has 3 heteroatoms. The predicted octanol–water partition coefficient (Wildman–Crippen LogP) is 6.26. The SMILES string of the molecule is C=CCCCCCCCCCCCCCC[SiH](C)OCCOC. The van der Waals surface area contributed by atoms with E-state index in [0.29, 0.717) is 0 Å². The molecule has 2 nitrogen and oxygen atoms in total. The van der Waals surface area contributed by atoms with Crippen LogP contribution in [-0.2, 0) is 9.16 Å². The molecule has 0 heterocycles. The summed E-state index contributed by atoms with van der Waals surface area (Å²) in [5.74, 6) is 0. The van der Waals surface area contributed by atoms with Crippen molar-refractivity contribution in [2.75, 3.05) is 20.3 Å². The van der Waals surface area contributed by atoms with E-state index in [9.17, 15) is 0 Å². The summed E-state index contributed by atoms with van der Waals surface area (Å²) < 4.78 is 10.8. The highest BCUT2D eigenvalue weighted by molar-refractivity contribution is 6.50. The fraction of sp³-hybridized carbons (Fsp3) is 0.900. The molecule has 0 N–H and O–H groups in total. The molecule has 0 saturated carbocycles. The van der Waals surface area contributed by atoms with Crippen LogP contribution < -0.4 is 0 Å². The summed E-state index contributed by atoms with van der Waals surface area (Å²) in [5.41, 5.74) is 0. The predicted molar refractivity (Wildman–Crippen MR) is 106 cm³/mol. The van der Waals surface area contributed by atoms with Crippen molar-refractivity contribution in [3.8, 4) is 0 Å². The third kappa shape index (κ3) is 19.8. The summed E-state index contributed by atoms with van der Waals surface area (Å²) >= 11 is 0. The van der Waals surface area contributed by atoms with Crippen LogP contribution in [0.25, 0.3) is 0 Å². The Labute approximate surface area is 147 Å². The van der Waals surface area contributed by atoms with Gasteiger partial charge in [0.2, 0.25) is 0 Å². The van der Waals surface area contributed by atoms with Crippen LogP contribution in [0.15, 0.2) is 12.7 Å². The Morgan fingerprint density at radius 1 is 0.739 bits per heavy atom. The van der Waals surface area contributed by atoms with Crippen molar-refractivity contribution in [1.82, 2.24) is 0 Å². The van der Waals surface area contributed by atoms with Crippen molar-refractivity contribution in [2.24, 2.45) is 0 Å². The van der Waals surface area contributed by atoms with Crippen LogP contribution >= 0.6 is 0 Å². The maximum Gasteiger partial charge on any atom is 0.174 e. The topological polar surface area (TPSA) is 18.5 Å². The van der Waals surface area contributed by atoms with E-state index >= 15 is 0 Å². The van der Waals surface area contributed by atoms with Gasteiger partial charge in [-0.05, 0) is 25.4 Å². The normalized spacial score (nSPS) is 12.4. The summed E-state index contributed by atoms with van der Waals surface area (Å²) in [4.78, 5) is 0. The Kier molecular flexibility index (Phi) is 19.8. The van der Waals surface area contributed by atoms with E-state index in [2.05, 4.69) is 13.1 Å². The molecule has 0 aromatic heterocycles. The summed E-state index contributed by atoms with van der Waals surface area (Å²) in [6.07, 6.45) is 20.2. The fourth-order valence-corrected chi connectivity index (χ4v) is 4.43. The second-order valence-electron chi connectivity index (χ2n) is 6.78. The van der Waals surface area contributed by atoms with Gasteiger partial charge < -0.3 is 9.16 Å². The van der Waals surface area contributed by atoms with Crippen LogP contribution in [0.1, 0.15) is 83.5 Å². The van der Waals surface area contributed by atoms with Crippen LogP contribution in [0.3, 0.4) is 0 Å². The van der Waals surface area contributed by atoms with Crippen LogP contribution in [0.4, 0.5) is 0 Å². The van der Waals surface area contributed by atoms with E-state index in [0.717, 1.165) is 13.2 Å². The highest BCUT2D eigenvalue weighted by Gasteiger charge is 2.03. The monoisotopic (exact) mass is 342 g/mol. The lowest BCUT2D eigenvalue weighted by molar-refractivity contribution is 0.146. The molecule has 1 unspecified atom stereocenters. The average molecular weight is 343 g/mol. The second-order valence-corrected chi connectivity index (χ2v) is 9.31. The van der Waals surface area contributed by atoms with Gasteiger partial charge in [-0.2, -0.15) is 0 Å². The van der Waals surface area contributed by atoms with Crippen LogP contribution in [0.2, 0.25) is 12.6 Å². The molecule has 0 aliphatic rings. The molecular formula is C20H42O2Si. The third-order valence-electron chi connectivity index (χ3n) is 4.46. The highest BCUT2D eigenvalue weighted by Crippen LogP contribution is 2.13. The standard InChI is InChI=1S/C20H42O2Si/c1-4-5-6-7-8-9-10-11-12-13-14-15-16-17-20-23(3)22-19-18-21-2/h4,23H,1,5-20H2,2-3H3. The lowest BCUT2D eigenvalue weighted by Gasteiger charge is -2.10. The number of ether oxygens (including phenoxy) is 1. The maximum atomic E-state index is 5.80. The molecule has 138 valence electrons. The van der Waals surface area contributed by atoms with Gasteiger partial charge in [0.1, 0.15) is 0 Å². The lowest BCUT2D eigenvalue weighted by Crippen LogP contribution is -2.16. The summed E-state index contributed by atoms with van der Waals surface area (Å²) in [5, 5.41) is 0. The molecule has 0 aliphatic carbocycles. The summed E-state index contributed by atoms with van der Waals surface area (Å²) in [6.45, 7) is 7.61. The second kappa shape index (κ2) is 19.9. The molecule has 0 aliphatic heterocycles. The molecule has 0 bridgehead atoms. The minimum Gasteiger partial charge on any atom is -0.418 e. The van der Waals surface area contributed by atoms with Crippen LogP contribution in [0.5, 0.6) is 0 Å². The van der Waals surface area contributed by atoms with Crippen molar-refractivity contribution in [1.29, 1.82) is 0 Å². The number of methoxy groups -OCH3 is 1. The number of hydrogen-bond donors (Lipinski definition) is 0. The summed E-state index contributed by atoms with van der Waals surface area (Å²) in [7, 11) is 0.828. The van der Waals surface area contributed by atoms with Crippen molar-refractivity contribution < 1.29 is 9.16 Å². The molecule has 0 saturated heterocycles. The van der Waals surface area contributed by atoms with Gasteiger partial charge >= 0.3 is 0 Å². The average Bonchev–Trinajstić information content (AvgIpc) is 2.55. The highest BCUT2D eigenvalue weighted by atomic mass is 28.3. The van der Waals surface area contributed by atoms with Gasteiger partial charge in [-0.15, -0.1) is 6.58 Å². The van der Waals surface area contributed by atoms with Gasteiger partial charge in [0, 0.05) is 7.11 Å². The molecule has 0 aromatic rings. The van der Waals surface area contributed by atoms with Crippen molar-refractivity contribution in [3.05, 3.63) is 12.7 Å². The molecule has 0 fully saturated rings. The zero-order chi connectivity index (χ0) is 17.0. The van der Waals surface area contributed by atoms with Gasteiger partial charge in [-0.3, -0.25) is 0 Å². The van der Waals surface area contributed by atoms with E-state index in [-0.39, 0.29) is 0 Å². The zero-order valence-electron chi connectivity index (χ0n) is 16.0. The Bertz CT molecular complexity index is 234. The minimum absolute atomic E-state index is 0.742. The van der Waals surface area contributed by atoms with Gasteiger partial charge in [0.15, 0.2) is 9.04 Å². The van der Waals surface area contributed by atoms with Gasteiger partial charge in [0.05, 0.1) is 13.2 Å². The molecule has 1 atom stereocenters. The Balaban J connectivity index is 3.06. The first kappa shape index (κ1) is 22.9. The number of unbranched alkanes of at least 4 members (excludes halogenated alkanes) is 12. The van der Waals surface area contributed by atoms with Crippen LogP contribution in [-0.4, -0.2) is 29.4 Å². The van der Waals surface area contributed by atoms with E-state index in [4.69, 9.17) is 9.16 Å².